The lowest BCUT2D eigenvalue weighted by Gasteiger charge is -2.41. The fourth-order valence-corrected chi connectivity index (χ4v) is 11.6. The van der Waals surface area contributed by atoms with Crippen molar-refractivity contribution in [2.45, 2.75) is 63.1 Å². The number of aromatic carboxylic acids is 1. The number of amides is 4. The van der Waals surface area contributed by atoms with E-state index in [1.165, 1.54) is 82.9 Å². The molecule has 4 amide bonds. The molecule has 452 valence electrons. The minimum absolute atomic E-state index is 0.0333. The van der Waals surface area contributed by atoms with Gasteiger partial charge < -0.3 is 50.1 Å². The van der Waals surface area contributed by atoms with Gasteiger partial charge in [-0.05, 0) is 83.6 Å². The van der Waals surface area contributed by atoms with Gasteiger partial charge in [0.15, 0.2) is 12.2 Å². The fraction of sp³-hybridized carbons (Fsp3) is 0.212. The van der Waals surface area contributed by atoms with Crippen LogP contribution in [0.2, 0.25) is 0 Å². The number of nitro groups is 1. The summed E-state index contributed by atoms with van der Waals surface area (Å²) in [4.78, 5) is 124. The Morgan fingerprint density at radius 3 is 1.33 bits per heavy atom. The number of carboxylic acid groups (broad SMARTS) is 1. The highest BCUT2D eigenvalue weighted by molar-refractivity contribution is 6.09. The van der Waals surface area contributed by atoms with Gasteiger partial charge in [0.05, 0.1) is 39.5 Å². The summed E-state index contributed by atoms with van der Waals surface area (Å²) in [5, 5.41) is 20.2. The molecule has 0 saturated carbocycles. The van der Waals surface area contributed by atoms with Gasteiger partial charge in [0, 0.05) is 46.5 Å². The Balaban J connectivity index is 0.000000200. The number of nitro benzene ring substituents is 1. The fourth-order valence-electron chi connectivity index (χ4n) is 11.6. The lowest BCUT2D eigenvalue weighted by Crippen LogP contribution is -2.58. The van der Waals surface area contributed by atoms with Gasteiger partial charge in [-0.2, -0.15) is 0 Å². The Labute approximate surface area is 508 Å². The molecule has 23 nitrogen and oxygen atoms in total. The zero-order valence-electron chi connectivity index (χ0n) is 47.7. The van der Waals surface area contributed by atoms with E-state index in [0.717, 1.165) is 22.3 Å². The third kappa shape index (κ3) is 13.1. The zero-order chi connectivity index (χ0) is 63.1. The maximum absolute atomic E-state index is 14.1. The van der Waals surface area contributed by atoms with Crippen molar-refractivity contribution < 1.29 is 72.1 Å². The molecule has 4 saturated heterocycles. The van der Waals surface area contributed by atoms with Gasteiger partial charge in [-0.15, -0.1) is 0 Å². The van der Waals surface area contributed by atoms with Crippen molar-refractivity contribution in [2.24, 2.45) is 22.3 Å². The number of nitrogens with two attached hydrogens (primary N) is 2. The lowest BCUT2D eigenvalue weighted by atomic mass is 9.81. The van der Waals surface area contributed by atoms with E-state index in [0.29, 0.717) is 16.8 Å². The van der Waals surface area contributed by atoms with Crippen molar-refractivity contribution in [1.82, 2.24) is 19.8 Å². The third-order valence-corrected chi connectivity index (χ3v) is 15.9. The Morgan fingerprint density at radius 2 is 0.966 bits per heavy atom. The van der Waals surface area contributed by atoms with Gasteiger partial charge >= 0.3 is 36.1 Å². The molecule has 6 heterocycles. The summed E-state index contributed by atoms with van der Waals surface area (Å²) in [5.41, 5.74) is 12.8. The summed E-state index contributed by atoms with van der Waals surface area (Å²) in [7, 11) is 0. The third-order valence-electron chi connectivity index (χ3n) is 15.9. The second-order valence-electron chi connectivity index (χ2n) is 22.1. The number of hydrogen-bond donors (Lipinski definition) is 3. The molecule has 6 atom stereocenters. The average molecular weight is 1200 g/mol. The number of fused-ring (bicyclic) bond motifs is 2. The van der Waals surface area contributed by atoms with Crippen LogP contribution in [0, 0.1) is 20.9 Å². The molecule has 0 spiro atoms. The number of pyridine rings is 2. The second kappa shape index (κ2) is 25.7. The second-order valence-corrected chi connectivity index (χ2v) is 22.1. The van der Waals surface area contributed by atoms with Crippen LogP contribution >= 0.6 is 0 Å². The van der Waals surface area contributed by atoms with Crippen LogP contribution in [0.3, 0.4) is 0 Å². The lowest BCUT2D eigenvalue weighted by molar-refractivity contribution is -0.384. The summed E-state index contributed by atoms with van der Waals surface area (Å²) in [6, 6.07) is 44.4. The van der Waals surface area contributed by atoms with Crippen LogP contribution in [0.4, 0.5) is 15.3 Å². The highest BCUT2D eigenvalue weighted by Crippen LogP contribution is 2.52. The van der Waals surface area contributed by atoms with E-state index < -0.39 is 100 Å². The number of esters is 3. The van der Waals surface area contributed by atoms with Crippen LogP contribution in [0.5, 0.6) is 5.75 Å². The molecular weight excluding hydrogens is 1150 g/mol. The number of non-ortho nitro benzene ring substituents is 1. The minimum atomic E-state index is -1.12. The number of rotatable bonds is 18. The average Bonchev–Trinajstić information content (AvgIpc) is 1.58. The monoisotopic (exact) mass is 1200 g/mol. The number of carbonyl (C=O) groups excluding carboxylic acids is 7. The molecule has 23 heteroatoms. The van der Waals surface area contributed by atoms with Gasteiger partial charge in [-0.3, -0.25) is 29.7 Å². The van der Waals surface area contributed by atoms with Gasteiger partial charge in [0.1, 0.15) is 31.0 Å². The van der Waals surface area contributed by atoms with E-state index in [2.05, 4.69) is 9.97 Å². The Bertz CT molecular complexity index is 3870. The van der Waals surface area contributed by atoms with Crippen LogP contribution in [0.25, 0.3) is 12.2 Å². The first-order valence-electron chi connectivity index (χ1n) is 27.9. The van der Waals surface area contributed by atoms with Gasteiger partial charge in [0.2, 0.25) is 0 Å². The number of β-lactam (4-membered cyclic amide) rings is 2. The maximum Gasteiger partial charge on any atom is 0.404 e. The molecule has 0 radical (unpaired) electrons. The summed E-state index contributed by atoms with van der Waals surface area (Å²) >= 11 is 0. The molecule has 4 fully saturated rings. The van der Waals surface area contributed by atoms with Crippen molar-refractivity contribution in [3.8, 4) is 5.75 Å². The highest BCUT2D eigenvalue weighted by Gasteiger charge is 2.65. The largest absolute Gasteiger partial charge is 0.478 e. The number of hydrogen-bond acceptors (Lipinski definition) is 17. The van der Waals surface area contributed by atoms with E-state index >= 15 is 0 Å². The van der Waals surface area contributed by atoms with Crippen LogP contribution < -0.4 is 16.2 Å². The van der Waals surface area contributed by atoms with Crippen LogP contribution in [0.1, 0.15) is 93.3 Å². The Kier molecular flexibility index (Phi) is 17.5. The topological polar surface area (TPSA) is 330 Å². The van der Waals surface area contributed by atoms with Crippen molar-refractivity contribution >= 4 is 65.7 Å². The van der Waals surface area contributed by atoms with Crippen LogP contribution in [-0.2, 0) is 38.1 Å². The summed E-state index contributed by atoms with van der Waals surface area (Å²) in [6.07, 6.45) is 2.82. The van der Waals surface area contributed by atoms with Crippen LogP contribution in [-0.4, -0.2) is 115 Å². The number of benzene rings is 5. The highest BCUT2D eigenvalue weighted by atomic mass is 16.6. The first-order valence-corrected chi connectivity index (χ1v) is 27.9. The van der Waals surface area contributed by atoms with Crippen LogP contribution in [0.15, 0.2) is 193 Å². The molecule has 4 aliphatic heterocycles. The molecule has 0 bridgehead atoms. The number of aromatic nitrogens is 2. The smallest absolute Gasteiger partial charge is 0.404 e. The standard InChI is InChI=1S/C36H30N4O9.C30H27N3O7/c1-36(21-47-35(37)44)20-29-28(19-25-18-24(16-17-38-25)33(42)48-27-14-12-26(13-15-27)40(45)46)32(41)39(29)31(36)34(43)49-30(22-8-4-2-5-9-22)23-10-6-3-7-11-23;1-30(17-39-29(31)38)16-23-22(15-21-14-20(27(35)36)12-13-32-21)26(34)33(23)25(30)28(37)40-24(18-8-4-2-5-9-18)19-10-6-3-7-11-19/h2-19,29-31H,20-21H2,1H3,(H2,37,44);2-15,23-25H,16-17H2,1H3,(H2,31,38)(H,35,36)/b28-19+;22-15+/t29?,31-,36-;23?,25-,30-/m00/s1. The molecule has 0 aliphatic carbocycles. The van der Waals surface area contributed by atoms with E-state index in [4.69, 9.17) is 35.2 Å². The normalized spacial score (nSPS) is 21.3. The van der Waals surface area contributed by atoms with E-state index in [9.17, 15) is 53.6 Å². The number of carboxylic acids is 1. The van der Waals surface area contributed by atoms with Crippen molar-refractivity contribution in [3.05, 3.63) is 248 Å². The predicted octanol–water partition coefficient (Wildman–Crippen LogP) is 8.59. The zero-order valence-corrected chi connectivity index (χ0v) is 47.7. The molecule has 4 aliphatic rings. The summed E-state index contributed by atoms with van der Waals surface area (Å²) in [6.45, 7) is 3.04. The summed E-state index contributed by atoms with van der Waals surface area (Å²) < 4.78 is 27.9. The number of carbonyl (C=O) groups is 8. The molecule has 2 unspecified atom stereocenters. The number of primary amides is 2. The Hall–Kier alpha value is -11.4. The molecule has 2 aromatic heterocycles. The molecule has 11 rings (SSSR count). The van der Waals surface area contributed by atoms with Crippen molar-refractivity contribution in [2.75, 3.05) is 13.2 Å². The number of nitrogens with zero attached hydrogens (tertiary/aromatic N) is 5. The van der Waals surface area contributed by atoms with Gasteiger partial charge in [-0.25, -0.2) is 28.8 Å². The van der Waals surface area contributed by atoms with E-state index in [-0.39, 0.29) is 54.3 Å². The van der Waals surface area contributed by atoms with E-state index in [1.54, 1.807) is 13.8 Å². The molecule has 89 heavy (non-hydrogen) atoms. The van der Waals surface area contributed by atoms with Gasteiger partial charge in [0.25, 0.3) is 17.5 Å². The first-order chi connectivity index (χ1) is 42.7. The molecular formula is C66H57N7O16. The molecule has 5 N–H and O–H groups in total. The van der Waals surface area contributed by atoms with E-state index in [1.807, 2.05) is 121 Å². The Morgan fingerprint density at radius 1 is 0.596 bits per heavy atom. The quantitative estimate of drug-likeness (QED) is 0.0138. The predicted molar refractivity (Wildman–Crippen MR) is 316 cm³/mol. The first kappa shape index (κ1) is 60.8. The number of ether oxygens (including phenoxy) is 5. The SMILES string of the molecule is C[C@@]1(COC(N)=O)CC2/C(=C\c3cc(C(=O)O)ccn3)C(=O)N2[C@H]1C(=O)OC(c1ccccc1)c1ccccc1.C[C@@]1(COC(N)=O)CC2/C(=C\c3cc(C(=O)Oc4ccc([N+](=O)[O-])cc4)ccn3)C(=O)N2[C@H]1C(=O)OC(c1ccccc1)c1ccccc1. The van der Waals surface area contributed by atoms with Gasteiger partial charge in [-0.1, -0.05) is 135 Å². The van der Waals surface area contributed by atoms with Crippen molar-refractivity contribution in [3.63, 3.8) is 0 Å². The summed E-state index contributed by atoms with van der Waals surface area (Å²) in [5.74, 6) is -3.90. The molecule has 5 aromatic carbocycles. The maximum atomic E-state index is 14.1. The minimum Gasteiger partial charge on any atom is -0.478 e. The van der Waals surface area contributed by atoms with Crippen molar-refractivity contribution in [1.29, 1.82) is 0 Å². The molecule has 7 aromatic rings.